The molecule has 0 aliphatic heterocycles. The van der Waals surface area contributed by atoms with Crippen LogP contribution < -0.4 is 4.89 Å². The molecule has 0 aliphatic carbocycles. The summed E-state index contributed by atoms with van der Waals surface area (Å²) in [4.78, 5) is 10.7. The number of rotatable bonds is 10. The molecule has 0 fully saturated rings. The minimum Gasteiger partial charge on any atom is -0.566 e. The van der Waals surface area contributed by atoms with Crippen LogP contribution in [0.1, 0.15) is 65.7 Å². The fraction of sp³-hybridized carbons (Fsp3) is 1.00. The molecule has 0 radical (unpaired) electrons. The SMILES string of the molecule is CCCCC(CC)C(CCCC)O[P+](=O)[O-]. The van der Waals surface area contributed by atoms with Crippen molar-refractivity contribution in [2.45, 2.75) is 71.8 Å². The van der Waals surface area contributed by atoms with E-state index in [1.54, 1.807) is 0 Å². The average Bonchev–Trinajstić information content (AvgIpc) is 2.25. The second-order valence-electron chi connectivity index (χ2n) is 4.32. The van der Waals surface area contributed by atoms with E-state index in [0.29, 0.717) is 5.92 Å². The van der Waals surface area contributed by atoms with Crippen molar-refractivity contribution >= 4 is 8.25 Å². The van der Waals surface area contributed by atoms with Gasteiger partial charge in [0.2, 0.25) is 0 Å². The highest BCUT2D eigenvalue weighted by atomic mass is 31.1. The Balaban J connectivity index is 4.23. The van der Waals surface area contributed by atoms with E-state index in [0.717, 1.165) is 44.9 Å². The van der Waals surface area contributed by atoms with Gasteiger partial charge in [0.25, 0.3) is 0 Å². The summed E-state index contributed by atoms with van der Waals surface area (Å²) in [5.74, 6) is 0.388. The van der Waals surface area contributed by atoms with E-state index < -0.39 is 8.25 Å². The first-order valence-electron chi connectivity index (χ1n) is 6.46. The molecule has 0 N–H and O–H groups in total. The highest BCUT2D eigenvalue weighted by Crippen LogP contribution is 2.28. The van der Waals surface area contributed by atoms with Gasteiger partial charge in [-0.25, -0.2) is 0 Å². The first kappa shape index (κ1) is 16.0. The fourth-order valence-electron chi connectivity index (χ4n) is 2.01. The second kappa shape index (κ2) is 10.2. The number of unbranched alkanes of at least 4 members (excludes halogenated alkanes) is 2. The highest BCUT2D eigenvalue weighted by Gasteiger charge is 2.25. The maximum Gasteiger partial charge on any atom is 0.488 e. The van der Waals surface area contributed by atoms with Gasteiger partial charge in [0.15, 0.2) is 0 Å². The van der Waals surface area contributed by atoms with Gasteiger partial charge in [-0.3, -0.25) is 0 Å². The Bertz CT molecular complexity index is 185. The molecule has 0 aliphatic rings. The molecule has 0 heterocycles. The number of hydrogen-bond donors (Lipinski definition) is 0. The van der Waals surface area contributed by atoms with Gasteiger partial charge in [-0.1, -0.05) is 52.9 Å². The molecule has 3 atom stereocenters. The lowest BCUT2D eigenvalue weighted by atomic mass is 9.90. The summed E-state index contributed by atoms with van der Waals surface area (Å²) < 4.78 is 15.7. The molecule has 0 aromatic heterocycles. The van der Waals surface area contributed by atoms with Crippen molar-refractivity contribution in [3.63, 3.8) is 0 Å². The zero-order valence-corrected chi connectivity index (χ0v) is 11.7. The third-order valence-electron chi connectivity index (χ3n) is 3.04. The van der Waals surface area contributed by atoms with Crippen LogP contribution in [-0.4, -0.2) is 6.10 Å². The maximum atomic E-state index is 10.7. The Morgan fingerprint density at radius 1 is 1.12 bits per heavy atom. The summed E-state index contributed by atoms with van der Waals surface area (Å²) in [6.07, 6.45) is 7.26. The summed E-state index contributed by atoms with van der Waals surface area (Å²) in [7, 11) is -2.71. The van der Waals surface area contributed by atoms with Crippen molar-refractivity contribution in [1.29, 1.82) is 0 Å². The highest BCUT2D eigenvalue weighted by molar-refractivity contribution is 7.30. The van der Waals surface area contributed by atoms with Gasteiger partial charge in [0.1, 0.15) is 6.10 Å². The van der Waals surface area contributed by atoms with Crippen molar-refractivity contribution in [3.8, 4) is 0 Å². The van der Waals surface area contributed by atoms with Gasteiger partial charge in [0.05, 0.1) is 0 Å². The first-order chi connectivity index (χ1) is 7.65. The summed E-state index contributed by atoms with van der Waals surface area (Å²) in [6.45, 7) is 6.38. The van der Waals surface area contributed by atoms with Crippen LogP contribution in [0.3, 0.4) is 0 Å². The van der Waals surface area contributed by atoms with Crippen LogP contribution >= 0.6 is 8.25 Å². The Morgan fingerprint density at radius 3 is 2.12 bits per heavy atom. The molecule has 16 heavy (non-hydrogen) atoms. The third-order valence-corrected chi connectivity index (χ3v) is 3.49. The molecule has 4 heteroatoms. The Kier molecular flexibility index (Phi) is 10.2. The Labute approximate surface area is 101 Å². The molecular weight excluding hydrogens is 223 g/mol. The first-order valence-corrected chi connectivity index (χ1v) is 7.56. The molecule has 0 spiro atoms. The Morgan fingerprint density at radius 2 is 1.69 bits per heavy atom. The molecule has 96 valence electrons. The lowest BCUT2D eigenvalue weighted by Crippen LogP contribution is -2.22. The van der Waals surface area contributed by atoms with E-state index in [9.17, 15) is 9.46 Å². The van der Waals surface area contributed by atoms with Gasteiger partial charge < -0.3 is 4.89 Å². The molecular formula is C12H25O3P. The molecule has 0 aromatic rings. The lowest BCUT2D eigenvalue weighted by Gasteiger charge is -2.21. The smallest absolute Gasteiger partial charge is 0.488 e. The quantitative estimate of drug-likeness (QED) is 0.552. The fourth-order valence-corrected chi connectivity index (χ4v) is 2.51. The molecule has 0 saturated carbocycles. The second-order valence-corrected chi connectivity index (χ2v) is 4.98. The molecule has 0 amide bonds. The molecule has 0 bridgehead atoms. The summed E-state index contributed by atoms with van der Waals surface area (Å²) in [5.41, 5.74) is 0. The van der Waals surface area contributed by atoms with Crippen LogP contribution in [0.15, 0.2) is 0 Å². The predicted octanol–water partition coefficient (Wildman–Crippen LogP) is 3.80. The molecule has 0 saturated heterocycles. The van der Waals surface area contributed by atoms with Gasteiger partial charge in [-0.05, 0) is 23.3 Å². The van der Waals surface area contributed by atoms with E-state index in [-0.39, 0.29) is 6.10 Å². The number of hydrogen-bond acceptors (Lipinski definition) is 3. The zero-order chi connectivity index (χ0) is 12.4. The molecule has 0 rings (SSSR count). The van der Waals surface area contributed by atoms with Gasteiger partial charge >= 0.3 is 8.25 Å². The van der Waals surface area contributed by atoms with E-state index in [4.69, 9.17) is 4.52 Å². The zero-order valence-electron chi connectivity index (χ0n) is 10.8. The predicted molar refractivity (Wildman–Crippen MR) is 65.3 cm³/mol. The van der Waals surface area contributed by atoms with Crippen molar-refractivity contribution < 1.29 is 14.0 Å². The largest absolute Gasteiger partial charge is 0.566 e. The normalized spacial score (nSPS) is 15.9. The van der Waals surface area contributed by atoms with E-state index in [1.165, 1.54) is 0 Å². The van der Waals surface area contributed by atoms with Crippen LogP contribution in [0.25, 0.3) is 0 Å². The topological polar surface area (TPSA) is 49.4 Å². The average molecular weight is 248 g/mol. The Hall–Kier alpha value is 0.0200. The molecule has 0 aromatic carbocycles. The lowest BCUT2D eigenvalue weighted by molar-refractivity contribution is -0.191. The van der Waals surface area contributed by atoms with Crippen LogP contribution in [-0.2, 0) is 9.09 Å². The van der Waals surface area contributed by atoms with E-state index in [1.807, 2.05) is 0 Å². The monoisotopic (exact) mass is 248 g/mol. The summed E-state index contributed by atoms with van der Waals surface area (Å²) >= 11 is 0. The van der Waals surface area contributed by atoms with Crippen LogP contribution in [0.5, 0.6) is 0 Å². The van der Waals surface area contributed by atoms with Crippen molar-refractivity contribution in [2.24, 2.45) is 5.92 Å². The minimum atomic E-state index is -2.71. The summed E-state index contributed by atoms with van der Waals surface area (Å²) in [6, 6.07) is 0. The molecule has 3 unspecified atom stereocenters. The minimum absolute atomic E-state index is 0.0994. The van der Waals surface area contributed by atoms with Gasteiger partial charge in [-0.2, -0.15) is 0 Å². The van der Waals surface area contributed by atoms with Crippen LogP contribution in [0.2, 0.25) is 0 Å². The van der Waals surface area contributed by atoms with E-state index in [2.05, 4.69) is 20.8 Å². The van der Waals surface area contributed by atoms with Crippen molar-refractivity contribution in [3.05, 3.63) is 0 Å². The summed E-state index contributed by atoms with van der Waals surface area (Å²) in [5, 5.41) is 0. The van der Waals surface area contributed by atoms with Gasteiger partial charge in [0, 0.05) is 0 Å². The van der Waals surface area contributed by atoms with E-state index >= 15 is 0 Å². The van der Waals surface area contributed by atoms with Crippen LogP contribution in [0, 0.1) is 5.92 Å². The third kappa shape index (κ3) is 7.32. The standard InChI is InChI=1S/C12H25O3P/c1-4-7-9-11(6-3)12(10-8-5-2)15-16(13)14/h11-12H,4-10H2,1-3H3. The molecule has 3 nitrogen and oxygen atoms in total. The van der Waals surface area contributed by atoms with Crippen LogP contribution in [0.4, 0.5) is 0 Å². The van der Waals surface area contributed by atoms with Gasteiger partial charge in [-0.15, -0.1) is 4.52 Å². The van der Waals surface area contributed by atoms with Crippen molar-refractivity contribution in [1.82, 2.24) is 0 Å². The van der Waals surface area contributed by atoms with Crippen molar-refractivity contribution in [2.75, 3.05) is 0 Å². The maximum absolute atomic E-state index is 10.7.